The third kappa shape index (κ3) is 4.67. The standard InChI is InChI=1S/C22H26FN5O2S/c1-13(2)22(20(30)27-28(3)4)11-9-14(10-12-22)25-21-26-19(24)18(31-21)17(29)15-7-5-6-8-16(15)23/h5-11,13H,12,24H2,1-4H3,(H,25,26)(H,27,30). The van der Waals surface area contributed by atoms with Gasteiger partial charge in [0.1, 0.15) is 16.5 Å². The predicted octanol–water partition coefficient (Wildman–Crippen LogP) is 3.59. The maximum Gasteiger partial charge on any atom is 0.244 e. The molecule has 1 heterocycles. The number of carbonyl (C=O) groups excluding carboxylic acids is 2. The molecule has 1 aromatic carbocycles. The van der Waals surface area contributed by atoms with Crippen LogP contribution in [-0.4, -0.2) is 35.8 Å². The molecular weight excluding hydrogens is 417 g/mol. The number of rotatable bonds is 7. The lowest BCUT2D eigenvalue weighted by Gasteiger charge is -2.35. The van der Waals surface area contributed by atoms with Crippen molar-refractivity contribution in [3.05, 3.63) is 64.4 Å². The molecule has 2 aromatic rings. The first-order chi connectivity index (χ1) is 14.6. The van der Waals surface area contributed by atoms with Crippen molar-refractivity contribution < 1.29 is 14.0 Å². The highest BCUT2D eigenvalue weighted by atomic mass is 32.1. The Labute approximate surface area is 184 Å². The first-order valence-corrected chi connectivity index (χ1v) is 10.7. The number of hydrogen-bond acceptors (Lipinski definition) is 7. The number of thiazole rings is 1. The normalized spacial score (nSPS) is 18.2. The van der Waals surface area contributed by atoms with Crippen LogP contribution in [0.3, 0.4) is 0 Å². The van der Waals surface area contributed by atoms with Gasteiger partial charge < -0.3 is 11.1 Å². The van der Waals surface area contributed by atoms with Gasteiger partial charge in [0.25, 0.3) is 0 Å². The molecule has 0 fully saturated rings. The molecule has 4 N–H and O–H groups in total. The van der Waals surface area contributed by atoms with Crippen molar-refractivity contribution >= 4 is 34.0 Å². The molecule has 1 aliphatic rings. The number of nitrogens with zero attached hydrogens (tertiary/aromatic N) is 2. The van der Waals surface area contributed by atoms with Gasteiger partial charge in [-0.25, -0.2) is 14.4 Å². The van der Waals surface area contributed by atoms with Gasteiger partial charge in [0, 0.05) is 19.8 Å². The molecule has 0 saturated heterocycles. The van der Waals surface area contributed by atoms with Crippen LogP contribution in [0, 0.1) is 17.2 Å². The molecule has 7 nitrogen and oxygen atoms in total. The SMILES string of the molecule is CC(C)C1(C(=O)NN(C)C)C=CC(Nc2nc(N)c(C(=O)c3ccccc3F)s2)=CC1. The fourth-order valence-corrected chi connectivity index (χ4v) is 4.21. The molecule has 1 unspecified atom stereocenters. The van der Waals surface area contributed by atoms with Crippen molar-refractivity contribution in [2.24, 2.45) is 11.3 Å². The molecule has 0 bridgehead atoms. The number of nitrogens with two attached hydrogens (primary N) is 1. The highest BCUT2D eigenvalue weighted by Gasteiger charge is 2.40. The fourth-order valence-electron chi connectivity index (χ4n) is 3.35. The van der Waals surface area contributed by atoms with E-state index in [2.05, 4.69) is 15.7 Å². The van der Waals surface area contributed by atoms with E-state index in [4.69, 9.17) is 5.73 Å². The smallest absolute Gasteiger partial charge is 0.244 e. The van der Waals surface area contributed by atoms with Crippen molar-refractivity contribution in [3.63, 3.8) is 0 Å². The Balaban J connectivity index is 1.77. The number of nitrogen functional groups attached to an aromatic ring is 1. The quantitative estimate of drug-likeness (QED) is 0.447. The number of ketones is 1. The largest absolute Gasteiger partial charge is 0.382 e. The average molecular weight is 444 g/mol. The second-order valence-electron chi connectivity index (χ2n) is 7.89. The zero-order chi connectivity index (χ0) is 22.8. The molecule has 1 atom stereocenters. The third-order valence-corrected chi connectivity index (χ3v) is 6.21. The van der Waals surface area contributed by atoms with Crippen LogP contribution in [0.5, 0.6) is 0 Å². The molecule has 1 aromatic heterocycles. The Morgan fingerprint density at radius 2 is 2.00 bits per heavy atom. The molecule has 1 amide bonds. The number of halogens is 1. The summed E-state index contributed by atoms with van der Waals surface area (Å²) in [4.78, 5) is 29.8. The Bertz CT molecular complexity index is 1060. The van der Waals surface area contributed by atoms with E-state index in [9.17, 15) is 14.0 Å². The van der Waals surface area contributed by atoms with E-state index < -0.39 is 17.0 Å². The first-order valence-electron chi connectivity index (χ1n) is 9.84. The van der Waals surface area contributed by atoms with Crippen LogP contribution >= 0.6 is 11.3 Å². The van der Waals surface area contributed by atoms with Gasteiger partial charge in [0.15, 0.2) is 5.13 Å². The molecule has 0 saturated carbocycles. The first kappa shape index (κ1) is 22.6. The van der Waals surface area contributed by atoms with Gasteiger partial charge in [0.05, 0.1) is 11.0 Å². The van der Waals surface area contributed by atoms with Gasteiger partial charge in [-0.3, -0.25) is 15.0 Å². The molecule has 0 radical (unpaired) electrons. The summed E-state index contributed by atoms with van der Waals surface area (Å²) in [6, 6.07) is 5.76. The minimum atomic E-state index is -0.663. The summed E-state index contributed by atoms with van der Waals surface area (Å²) >= 11 is 1.06. The van der Waals surface area contributed by atoms with Crippen LogP contribution in [-0.2, 0) is 4.79 Å². The van der Waals surface area contributed by atoms with E-state index in [1.54, 1.807) is 25.2 Å². The van der Waals surface area contributed by atoms with Gasteiger partial charge in [-0.15, -0.1) is 0 Å². The molecule has 164 valence electrons. The van der Waals surface area contributed by atoms with Crippen LogP contribution < -0.4 is 16.5 Å². The number of hydrazine groups is 1. The summed E-state index contributed by atoms with van der Waals surface area (Å²) in [5, 5.41) is 5.18. The summed E-state index contributed by atoms with van der Waals surface area (Å²) in [5.74, 6) is -1.05. The van der Waals surface area contributed by atoms with Crippen molar-refractivity contribution in [2.75, 3.05) is 25.1 Å². The van der Waals surface area contributed by atoms with E-state index in [0.717, 1.165) is 17.0 Å². The number of hydrogen-bond donors (Lipinski definition) is 3. The van der Waals surface area contributed by atoms with Gasteiger partial charge >= 0.3 is 0 Å². The number of aromatic nitrogens is 1. The van der Waals surface area contributed by atoms with Crippen molar-refractivity contribution in [1.82, 2.24) is 15.4 Å². The lowest BCUT2D eigenvalue weighted by atomic mass is 9.71. The van der Waals surface area contributed by atoms with Crippen LogP contribution in [0.1, 0.15) is 35.5 Å². The van der Waals surface area contributed by atoms with E-state index in [1.165, 1.54) is 18.2 Å². The maximum absolute atomic E-state index is 14.0. The Morgan fingerprint density at radius 3 is 2.58 bits per heavy atom. The van der Waals surface area contributed by atoms with E-state index in [-0.39, 0.29) is 28.1 Å². The Hall–Kier alpha value is -3.04. The number of allylic oxidation sites excluding steroid dienone is 2. The number of nitrogens with one attached hydrogen (secondary N) is 2. The maximum atomic E-state index is 14.0. The molecule has 0 aliphatic heterocycles. The van der Waals surface area contributed by atoms with Gasteiger partial charge in [-0.05, 0) is 30.5 Å². The summed E-state index contributed by atoms with van der Waals surface area (Å²) in [7, 11) is 3.54. The predicted molar refractivity (Wildman–Crippen MR) is 121 cm³/mol. The molecule has 1 aliphatic carbocycles. The Morgan fingerprint density at radius 1 is 1.29 bits per heavy atom. The number of benzene rings is 1. The molecule has 9 heteroatoms. The number of amides is 1. The third-order valence-electron chi connectivity index (χ3n) is 5.23. The lowest BCUT2D eigenvalue weighted by molar-refractivity contribution is -0.134. The van der Waals surface area contributed by atoms with Gasteiger partial charge in [-0.1, -0.05) is 49.5 Å². The van der Waals surface area contributed by atoms with Crippen LogP contribution in [0.4, 0.5) is 15.3 Å². The van der Waals surface area contributed by atoms with Crippen molar-refractivity contribution in [2.45, 2.75) is 20.3 Å². The summed E-state index contributed by atoms with van der Waals surface area (Å²) in [5.41, 5.74) is 8.80. The minimum Gasteiger partial charge on any atom is -0.382 e. The summed E-state index contributed by atoms with van der Waals surface area (Å²) < 4.78 is 14.0. The summed E-state index contributed by atoms with van der Waals surface area (Å²) in [6.07, 6.45) is 6.14. The highest BCUT2D eigenvalue weighted by molar-refractivity contribution is 7.18. The van der Waals surface area contributed by atoms with Gasteiger partial charge in [-0.2, -0.15) is 0 Å². The zero-order valence-electron chi connectivity index (χ0n) is 17.9. The van der Waals surface area contributed by atoms with E-state index >= 15 is 0 Å². The van der Waals surface area contributed by atoms with Crippen molar-refractivity contribution in [1.29, 1.82) is 0 Å². The lowest BCUT2D eigenvalue weighted by Crippen LogP contribution is -2.48. The minimum absolute atomic E-state index is 0.0445. The van der Waals surface area contributed by atoms with E-state index in [0.29, 0.717) is 11.6 Å². The number of anilines is 2. The molecule has 3 rings (SSSR count). The van der Waals surface area contributed by atoms with Gasteiger partial charge in [0.2, 0.25) is 11.7 Å². The van der Waals surface area contributed by atoms with Crippen molar-refractivity contribution in [3.8, 4) is 0 Å². The Kier molecular flexibility index (Phi) is 6.56. The van der Waals surface area contributed by atoms with Crippen LogP contribution in [0.15, 0.2) is 48.2 Å². The van der Waals surface area contributed by atoms with E-state index in [1.807, 2.05) is 32.1 Å². The monoisotopic (exact) mass is 443 g/mol. The van der Waals surface area contributed by atoms with Crippen LogP contribution in [0.2, 0.25) is 0 Å². The summed E-state index contributed by atoms with van der Waals surface area (Å²) in [6.45, 7) is 4.02. The fraction of sp³-hybridized carbons (Fsp3) is 0.318. The number of carbonyl (C=O) groups is 2. The molecule has 0 spiro atoms. The molecular formula is C22H26FN5O2S. The molecule has 31 heavy (non-hydrogen) atoms. The average Bonchev–Trinajstić information content (AvgIpc) is 3.07. The second-order valence-corrected chi connectivity index (χ2v) is 8.89. The second kappa shape index (κ2) is 8.99. The highest BCUT2D eigenvalue weighted by Crippen LogP contribution is 2.38. The zero-order valence-corrected chi connectivity index (χ0v) is 18.7. The topological polar surface area (TPSA) is 100 Å². The van der Waals surface area contributed by atoms with Crippen LogP contribution in [0.25, 0.3) is 0 Å².